The van der Waals surface area contributed by atoms with Gasteiger partial charge in [0.15, 0.2) is 11.3 Å². The van der Waals surface area contributed by atoms with E-state index in [-0.39, 0.29) is 22.8 Å². The zero-order chi connectivity index (χ0) is 26.3. The summed E-state index contributed by atoms with van der Waals surface area (Å²) in [5.41, 5.74) is 1.84. The molecule has 1 saturated heterocycles. The molecule has 0 N–H and O–H groups in total. The van der Waals surface area contributed by atoms with Crippen LogP contribution in [0.5, 0.6) is 0 Å². The Kier molecular flexibility index (Phi) is 6.49. The Morgan fingerprint density at radius 2 is 1.73 bits per heavy atom. The van der Waals surface area contributed by atoms with E-state index < -0.39 is 11.9 Å². The minimum Gasteiger partial charge on any atom is -0.336 e. The van der Waals surface area contributed by atoms with Crippen molar-refractivity contribution < 1.29 is 18.0 Å². The van der Waals surface area contributed by atoms with Gasteiger partial charge in [0.2, 0.25) is 0 Å². The lowest BCUT2D eigenvalue weighted by atomic mass is 10.0. The molecular formula is C26H28F3N7O. The number of amides is 1. The van der Waals surface area contributed by atoms with Crippen molar-refractivity contribution >= 4 is 11.6 Å². The quantitative estimate of drug-likeness (QED) is 0.401. The number of carbonyl (C=O) groups excluding carboxylic acids is 1. The maximum absolute atomic E-state index is 14.0. The number of benzene rings is 1. The highest BCUT2D eigenvalue weighted by Crippen LogP contribution is 2.33. The number of aromatic nitrogens is 5. The molecule has 5 rings (SSSR count). The fourth-order valence-electron chi connectivity index (χ4n) is 4.59. The molecular weight excluding hydrogens is 483 g/mol. The first-order chi connectivity index (χ1) is 17.6. The van der Waals surface area contributed by atoms with E-state index in [9.17, 15) is 18.0 Å². The molecule has 0 saturated carbocycles. The van der Waals surface area contributed by atoms with Crippen molar-refractivity contribution in [1.82, 2.24) is 34.2 Å². The van der Waals surface area contributed by atoms with Crippen LogP contribution in [0.25, 0.3) is 16.9 Å². The molecule has 37 heavy (non-hydrogen) atoms. The maximum Gasteiger partial charge on any atom is 0.433 e. The lowest BCUT2D eigenvalue weighted by Crippen LogP contribution is -2.48. The Labute approximate surface area is 212 Å². The van der Waals surface area contributed by atoms with Crippen LogP contribution in [0.15, 0.2) is 48.9 Å². The summed E-state index contributed by atoms with van der Waals surface area (Å²) in [5, 5.41) is 8.10. The van der Waals surface area contributed by atoms with Gasteiger partial charge in [-0.1, -0.05) is 38.1 Å². The lowest BCUT2D eigenvalue weighted by molar-refractivity contribution is -0.142. The molecule has 0 atom stereocenters. The number of alkyl halides is 3. The van der Waals surface area contributed by atoms with Gasteiger partial charge < -0.3 is 4.90 Å². The second kappa shape index (κ2) is 9.62. The third-order valence-corrected chi connectivity index (χ3v) is 6.69. The third-order valence-electron chi connectivity index (χ3n) is 6.69. The van der Waals surface area contributed by atoms with Crippen LogP contribution >= 0.6 is 0 Å². The fraction of sp³-hybridized carbons (Fsp3) is 0.385. The van der Waals surface area contributed by atoms with Gasteiger partial charge in [0.1, 0.15) is 5.56 Å². The molecule has 1 amide bonds. The van der Waals surface area contributed by atoms with E-state index in [4.69, 9.17) is 0 Å². The fourth-order valence-corrected chi connectivity index (χ4v) is 4.59. The molecule has 0 aliphatic carbocycles. The normalized spacial score (nSPS) is 15.2. The number of aryl methyl sites for hydroxylation is 1. The molecule has 194 valence electrons. The van der Waals surface area contributed by atoms with Gasteiger partial charge in [-0.3, -0.25) is 14.4 Å². The van der Waals surface area contributed by atoms with Gasteiger partial charge in [-0.15, -0.1) is 0 Å². The van der Waals surface area contributed by atoms with E-state index in [1.54, 1.807) is 21.7 Å². The van der Waals surface area contributed by atoms with Crippen LogP contribution in [0.4, 0.5) is 13.2 Å². The van der Waals surface area contributed by atoms with Crippen LogP contribution in [0.3, 0.4) is 0 Å². The summed E-state index contributed by atoms with van der Waals surface area (Å²) in [7, 11) is 1.86. The zero-order valence-corrected chi connectivity index (χ0v) is 20.9. The van der Waals surface area contributed by atoms with Crippen LogP contribution in [-0.4, -0.2) is 66.3 Å². The first-order valence-electron chi connectivity index (χ1n) is 12.2. The molecule has 8 nitrogen and oxygen atoms in total. The summed E-state index contributed by atoms with van der Waals surface area (Å²) in [6.45, 7) is 7.02. The van der Waals surface area contributed by atoms with Crippen LogP contribution in [0.2, 0.25) is 0 Å². The molecule has 0 spiro atoms. The molecule has 0 unspecified atom stereocenters. The van der Waals surface area contributed by atoms with Gasteiger partial charge in [-0.25, -0.2) is 9.50 Å². The molecule has 0 bridgehead atoms. The zero-order valence-electron chi connectivity index (χ0n) is 20.9. The van der Waals surface area contributed by atoms with Gasteiger partial charge in [-0.05, 0) is 17.5 Å². The number of hydrogen-bond donors (Lipinski definition) is 0. The van der Waals surface area contributed by atoms with Gasteiger partial charge in [0, 0.05) is 57.1 Å². The number of nitrogens with zero attached hydrogens (tertiary/aromatic N) is 7. The highest BCUT2D eigenvalue weighted by Gasteiger charge is 2.36. The van der Waals surface area contributed by atoms with Crippen molar-refractivity contribution in [2.45, 2.75) is 32.5 Å². The van der Waals surface area contributed by atoms with Gasteiger partial charge in [0.05, 0.1) is 18.1 Å². The van der Waals surface area contributed by atoms with Crippen molar-refractivity contribution in [3.63, 3.8) is 0 Å². The smallest absolute Gasteiger partial charge is 0.336 e. The third kappa shape index (κ3) is 5.08. The molecule has 4 aromatic rings. The minimum absolute atomic E-state index is 0.0619. The van der Waals surface area contributed by atoms with Crippen molar-refractivity contribution in [2.24, 2.45) is 7.05 Å². The Balaban J connectivity index is 1.42. The van der Waals surface area contributed by atoms with Crippen LogP contribution in [-0.2, 0) is 19.8 Å². The van der Waals surface area contributed by atoms with Crippen LogP contribution < -0.4 is 0 Å². The topological polar surface area (TPSA) is 71.6 Å². The monoisotopic (exact) mass is 511 g/mol. The van der Waals surface area contributed by atoms with Crippen molar-refractivity contribution in [3.8, 4) is 11.3 Å². The first kappa shape index (κ1) is 24.9. The molecule has 1 aromatic carbocycles. The SMILES string of the molecule is CC(C)c1ccc(-c2cc(C(F)(F)F)n3ncc(C(=O)N4CCN(Cc5cnn(C)c5)CC4)c3n2)cc1. The number of halogens is 3. The predicted molar refractivity (Wildman–Crippen MR) is 132 cm³/mol. The number of carbonyl (C=O) groups is 1. The van der Waals surface area contributed by atoms with E-state index in [1.165, 1.54) is 6.20 Å². The molecule has 0 radical (unpaired) electrons. The summed E-state index contributed by atoms with van der Waals surface area (Å²) < 4.78 is 44.4. The summed E-state index contributed by atoms with van der Waals surface area (Å²) in [6.07, 6.45) is 0.286. The first-order valence-corrected chi connectivity index (χ1v) is 12.2. The van der Waals surface area contributed by atoms with E-state index >= 15 is 0 Å². The second-order valence-electron chi connectivity index (χ2n) is 9.69. The van der Waals surface area contributed by atoms with Crippen molar-refractivity contribution in [3.05, 3.63) is 71.3 Å². The van der Waals surface area contributed by atoms with E-state index in [0.29, 0.717) is 37.7 Å². The van der Waals surface area contributed by atoms with E-state index in [2.05, 4.69) is 20.1 Å². The Hall–Kier alpha value is -3.73. The van der Waals surface area contributed by atoms with Crippen LogP contribution in [0, 0.1) is 0 Å². The lowest BCUT2D eigenvalue weighted by Gasteiger charge is -2.34. The largest absolute Gasteiger partial charge is 0.433 e. The Bertz CT molecular complexity index is 1410. The molecule has 4 heterocycles. The summed E-state index contributed by atoms with van der Waals surface area (Å²) in [5.74, 6) is -0.0805. The molecule has 1 aliphatic heterocycles. The standard InChI is InChI=1S/C26H28F3N7O/c1-17(2)19-4-6-20(7-5-19)22-12-23(26(27,28)29)36-24(32-22)21(14-31-36)25(37)35-10-8-34(9-11-35)16-18-13-30-33(3)15-18/h4-7,12-15,17H,8-11,16H2,1-3H3. The summed E-state index contributed by atoms with van der Waals surface area (Å²) in [6, 6.07) is 8.26. The predicted octanol–water partition coefficient (Wildman–Crippen LogP) is 4.23. The van der Waals surface area contributed by atoms with Crippen molar-refractivity contribution in [1.29, 1.82) is 0 Å². The maximum atomic E-state index is 14.0. The average Bonchev–Trinajstić information content (AvgIpc) is 3.48. The van der Waals surface area contributed by atoms with E-state index in [1.807, 2.05) is 45.4 Å². The van der Waals surface area contributed by atoms with Crippen LogP contribution in [0.1, 0.15) is 46.9 Å². The Morgan fingerprint density at radius 3 is 2.32 bits per heavy atom. The molecule has 1 aliphatic rings. The number of piperazine rings is 1. The van der Waals surface area contributed by atoms with E-state index in [0.717, 1.165) is 28.3 Å². The van der Waals surface area contributed by atoms with Gasteiger partial charge in [-0.2, -0.15) is 23.4 Å². The molecule has 3 aromatic heterocycles. The average molecular weight is 512 g/mol. The van der Waals surface area contributed by atoms with Crippen molar-refractivity contribution in [2.75, 3.05) is 26.2 Å². The van der Waals surface area contributed by atoms with Gasteiger partial charge in [0.25, 0.3) is 5.91 Å². The van der Waals surface area contributed by atoms with Gasteiger partial charge >= 0.3 is 6.18 Å². The second-order valence-corrected chi connectivity index (χ2v) is 9.69. The molecule has 11 heteroatoms. The molecule has 1 fully saturated rings. The minimum atomic E-state index is -4.67. The number of rotatable bonds is 5. The number of hydrogen-bond acceptors (Lipinski definition) is 5. The summed E-state index contributed by atoms with van der Waals surface area (Å²) in [4.78, 5) is 21.7. The Morgan fingerprint density at radius 1 is 1.03 bits per heavy atom. The number of fused-ring (bicyclic) bond motifs is 1. The highest BCUT2D eigenvalue weighted by molar-refractivity contribution is 6.00. The summed E-state index contributed by atoms with van der Waals surface area (Å²) >= 11 is 0. The highest BCUT2D eigenvalue weighted by atomic mass is 19.4.